The summed E-state index contributed by atoms with van der Waals surface area (Å²) in [6.45, 7) is 10.2. The lowest BCUT2D eigenvalue weighted by Crippen LogP contribution is -2.24. The van der Waals surface area contributed by atoms with Crippen molar-refractivity contribution in [1.29, 1.82) is 0 Å². The molecule has 0 aliphatic heterocycles. The first kappa shape index (κ1) is 25.0. The number of rotatable bonds is 12. The zero-order chi connectivity index (χ0) is 18.3. The monoisotopic (exact) mass is 338 g/mol. The summed E-state index contributed by atoms with van der Waals surface area (Å²) in [4.78, 5) is 0. The highest BCUT2D eigenvalue weighted by Gasteiger charge is 2.14. The Morgan fingerprint density at radius 1 is 0.826 bits per heavy atom. The van der Waals surface area contributed by atoms with Crippen LogP contribution in [0, 0.1) is 5.92 Å². The van der Waals surface area contributed by atoms with Crippen molar-refractivity contribution in [3.8, 4) is 0 Å². The van der Waals surface area contributed by atoms with E-state index in [-0.39, 0.29) is 37.4 Å². The van der Waals surface area contributed by atoms with Crippen LogP contribution in [0.25, 0.3) is 0 Å². The third-order valence-corrected chi connectivity index (χ3v) is 3.38. The third kappa shape index (κ3) is 16.4. The van der Waals surface area contributed by atoms with Crippen LogP contribution in [0.1, 0.15) is 53.9 Å². The maximum Gasteiger partial charge on any atom is 0.0781 e. The molecule has 23 heavy (non-hydrogen) atoms. The lowest BCUT2D eigenvalue weighted by molar-refractivity contribution is -0.0620. The molecule has 5 atom stereocenters. The number of aliphatic hydroxyl groups excluding tert-OH is 4. The van der Waals surface area contributed by atoms with Crippen LogP contribution in [0.5, 0.6) is 0 Å². The number of ether oxygens (including phenoxy) is 2. The van der Waals surface area contributed by atoms with Crippen LogP contribution in [-0.4, -0.2) is 71.3 Å². The van der Waals surface area contributed by atoms with Crippen molar-refractivity contribution in [3.63, 3.8) is 0 Å². The molecule has 6 heteroatoms. The molecule has 0 heterocycles. The van der Waals surface area contributed by atoms with Crippen molar-refractivity contribution in [3.05, 3.63) is 0 Å². The normalized spacial score (nSPS) is 17.6. The molecule has 0 aromatic rings. The molecular weight excluding hydrogens is 300 g/mol. The first-order chi connectivity index (χ1) is 10.8. The fourth-order valence-corrected chi connectivity index (χ4v) is 1.76. The minimum Gasteiger partial charge on any atom is -0.396 e. The average molecular weight is 338 g/mol. The molecule has 5 unspecified atom stereocenters. The quantitative estimate of drug-likeness (QED) is 0.428. The van der Waals surface area contributed by atoms with E-state index in [1.54, 1.807) is 13.8 Å². The summed E-state index contributed by atoms with van der Waals surface area (Å²) < 4.78 is 10.5. The number of hydrogen-bond acceptors (Lipinski definition) is 6. The fraction of sp³-hybridized carbons (Fsp3) is 1.00. The molecule has 142 valence electrons. The second kappa shape index (κ2) is 16.6. The summed E-state index contributed by atoms with van der Waals surface area (Å²) in [6, 6.07) is 0. The lowest BCUT2D eigenvalue weighted by Gasteiger charge is -2.17. The van der Waals surface area contributed by atoms with Gasteiger partial charge in [0.05, 0.1) is 44.2 Å². The van der Waals surface area contributed by atoms with Gasteiger partial charge in [-0.3, -0.25) is 0 Å². The van der Waals surface area contributed by atoms with E-state index in [4.69, 9.17) is 24.8 Å². The van der Waals surface area contributed by atoms with E-state index in [1.807, 2.05) is 20.8 Å². The predicted octanol–water partition coefficient (Wildman–Crippen LogP) is 1.34. The molecule has 0 aliphatic rings. The van der Waals surface area contributed by atoms with E-state index in [0.29, 0.717) is 13.2 Å². The highest BCUT2D eigenvalue weighted by atomic mass is 16.5. The maximum atomic E-state index is 9.35. The van der Waals surface area contributed by atoms with Crippen molar-refractivity contribution in [2.45, 2.75) is 78.3 Å². The van der Waals surface area contributed by atoms with Crippen LogP contribution in [0.15, 0.2) is 0 Å². The third-order valence-electron chi connectivity index (χ3n) is 3.38. The van der Waals surface area contributed by atoms with Gasteiger partial charge in [-0.2, -0.15) is 0 Å². The Morgan fingerprint density at radius 2 is 1.39 bits per heavy atom. The molecular formula is C17H38O6. The van der Waals surface area contributed by atoms with Crippen molar-refractivity contribution in [2.75, 3.05) is 26.4 Å². The van der Waals surface area contributed by atoms with Gasteiger partial charge in [-0.1, -0.05) is 20.3 Å². The molecule has 4 N–H and O–H groups in total. The van der Waals surface area contributed by atoms with Crippen LogP contribution >= 0.6 is 0 Å². The summed E-state index contributed by atoms with van der Waals surface area (Å²) in [5, 5.41) is 35.7. The summed E-state index contributed by atoms with van der Waals surface area (Å²) in [5.74, 6) is 0.0833. The Balaban J connectivity index is 0. The molecule has 0 aliphatic carbocycles. The van der Waals surface area contributed by atoms with Crippen LogP contribution in [0.4, 0.5) is 0 Å². The minimum absolute atomic E-state index is 0.0170. The van der Waals surface area contributed by atoms with Gasteiger partial charge in [0.15, 0.2) is 0 Å². The minimum atomic E-state index is -0.447. The molecule has 0 fully saturated rings. The number of hydrogen-bond donors (Lipinski definition) is 4. The summed E-state index contributed by atoms with van der Waals surface area (Å²) in [7, 11) is 0. The van der Waals surface area contributed by atoms with Gasteiger partial charge < -0.3 is 29.9 Å². The molecule has 0 amide bonds. The highest BCUT2D eigenvalue weighted by Crippen LogP contribution is 2.12. The Labute approximate surface area is 141 Å². The smallest absolute Gasteiger partial charge is 0.0781 e. The molecule has 6 nitrogen and oxygen atoms in total. The summed E-state index contributed by atoms with van der Waals surface area (Å²) in [6.07, 6.45) is 1.69. The van der Waals surface area contributed by atoms with Gasteiger partial charge in [-0.15, -0.1) is 0 Å². The van der Waals surface area contributed by atoms with Gasteiger partial charge in [0.25, 0.3) is 0 Å². The van der Waals surface area contributed by atoms with Crippen molar-refractivity contribution >= 4 is 0 Å². The first-order valence-corrected chi connectivity index (χ1v) is 8.63. The van der Waals surface area contributed by atoms with Gasteiger partial charge in [-0.05, 0) is 33.6 Å². The molecule has 0 aromatic carbocycles. The number of aliphatic hydroxyl groups is 4. The van der Waals surface area contributed by atoms with Crippen LogP contribution in [0.2, 0.25) is 0 Å². The van der Waals surface area contributed by atoms with Crippen molar-refractivity contribution in [1.82, 2.24) is 0 Å². The highest BCUT2D eigenvalue weighted by molar-refractivity contribution is 4.65. The average Bonchev–Trinajstić information content (AvgIpc) is 2.52. The van der Waals surface area contributed by atoms with E-state index >= 15 is 0 Å². The van der Waals surface area contributed by atoms with Crippen LogP contribution in [0.3, 0.4) is 0 Å². The molecule has 0 rings (SSSR count). The first-order valence-electron chi connectivity index (χ1n) is 8.63. The Morgan fingerprint density at radius 3 is 1.78 bits per heavy atom. The molecule has 0 saturated heterocycles. The van der Waals surface area contributed by atoms with Gasteiger partial charge >= 0.3 is 0 Å². The van der Waals surface area contributed by atoms with E-state index in [2.05, 4.69) is 0 Å². The van der Waals surface area contributed by atoms with Crippen LogP contribution in [-0.2, 0) is 9.47 Å². The zero-order valence-corrected chi connectivity index (χ0v) is 15.4. The maximum absolute atomic E-state index is 9.35. The summed E-state index contributed by atoms with van der Waals surface area (Å²) >= 11 is 0. The van der Waals surface area contributed by atoms with E-state index in [0.717, 1.165) is 19.3 Å². The van der Waals surface area contributed by atoms with E-state index in [9.17, 15) is 5.11 Å². The Hall–Kier alpha value is -0.240. The van der Waals surface area contributed by atoms with E-state index in [1.165, 1.54) is 0 Å². The second-order valence-corrected chi connectivity index (χ2v) is 6.03. The van der Waals surface area contributed by atoms with Crippen molar-refractivity contribution in [2.24, 2.45) is 5.92 Å². The topological polar surface area (TPSA) is 99.4 Å². The largest absolute Gasteiger partial charge is 0.396 e. The molecule has 0 bridgehead atoms. The molecule has 0 aromatic heterocycles. The standard InChI is InChI=1S/C9H20O4.C8H18O2/c1-7(11)5-12-9(3)6-13-8(2)4-10;1-3-5-8(10)7(4-2)6-9/h7-11H,4-6H2,1-3H3;7-10H,3-6H2,1-2H3. The zero-order valence-electron chi connectivity index (χ0n) is 15.4. The van der Waals surface area contributed by atoms with Crippen LogP contribution < -0.4 is 0 Å². The Kier molecular flexibility index (Phi) is 18.1. The van der Waals surface area contributed by atoms with Gasteiger partial charge in [0.1, 0.15) is 0 Å². The SMILES string of the molecule is CC(O)COC(C)COC(C)CO.CCCC(O)C(CC)CO. The molecule has 0 saturated carbocycles. The lowest BCUT2D eigenvalue weighted by atomic mass is 9.97. The molecule has 0 spiro atoms. The van der Waals surface area contributed by atoms with Crippen molar-refractivity contribution < 1.29 is 29.9 Å². The van der Waals surface area contributed by atoms with E-state index < -0.39 is 6.10 Å². The summed E-state index contributed by atoms with van der Waals surface area (Å²) in [5.41, 5.74) is 0. The second-order valence-electron chi connectivity index (χ2n) is 6.03. The van der Waals surface area contributed by atoms with Gasteiger partial charge in [0, 0.05) is 12.5 Å². The van der Waals surface area contributed by atoms with Gasteiger partial charge in [-0.25, -0.2) is 0 Å². The fourth-order valence-electron chi connectivity index (χ4n) is 1.76. The molecule has 0 radical (unpaired) electrons. The van der Waals surface area contributed by atoms with Gasteiger partial charge in [0.2, 0.25) is 0 Å². The Bertz CT molecular complexity index is 233. The predicted molar refractivity (Wildman–Crippen MR) is 91.4 cm³/mol.